The van der Waals surface area contributed by atoms with Gasteiger partial charge >= 0.3 is 0 Å². The number of nitrogens with one attached hydrogen (secondary N) is 1. The number of anilines is 1. The Morgan fingerprint density at radius 2 is 1.95 bits per heavy atom. The minimum atomic E-state index is -4.13. The molecular weight excluding hydrogens is 297 g/mol. The standard InChI is InChI=1S/C12H14FN5O2S/c1-7-8(2)16-17-12(15-7)18-21(19,20)11-4-3-9(6-14)5-10(11)13/h3-5H,6,14H2,1-2H3,(H,15,17,18). The van der Waals surface area contributed by atoms with Gasteiger partial charge in [-0.3, -0.25) is 0 Å². The molecule has 1 aromatic carbocycles. The molecule has 7 nitrogen and oxygen atoms in total. The molecule has 0 amide bonds. The fourth-order valence-electron chi connectivity index (χ4n) is 1.56. The summed E-state index contributed by atoms with van der Waals surface area (Å²) in [5, 5.41) is 7.38. The Kier molecular flexibility index (Phi) is 4.14. The fourth-order valence-corrected chi connectivity index (χ4v) is 2.56. The molecule has 0 fully saturated rings. The van der Waals surface area contributed by atoms with E-state index in [1.165, 1.54) is 6.07 Å². The van der Waals surface area contributed by atoms with E-state index in [-0.39, 0.29) is 12.5 Å². The molecular formula is C12H14FN5O2S. The average molecular weight is 311 g/mol. The molecule has 1 aromatic heterocycles. The zero-order chi connectivity index (χ0) is 15.6. The molecule has 0 spiro atoms. The molecule has 1 heterocycles. The lowest BCUT2D eigenvalue weighted by Gasteiger charge is -2.08. The molecule has 0 radical (unpaired) electrons. The predicted molar refractivity (Wildman–Crippen MR) is 74.4 cm³/mol. The molecule has 2 rings (SSSR count). The number of nitrogens with zero attached hydrogens (tertiary/aromatic N) is 3. The zero-order valence-corrected chi connectivity index (χ0v) is 12.3. The number of rotatable bonds is 4. The summed E-state index contributed by atoms with van der Waals surface area (Å²) < 4.78 is 40.2. The van der Waals surface area contributed by atoms with Gasteiger partial charge in [0.05, 0.1) is 11.4 Å². The van der Waals surface area contributed by atoms with E-state index in [0.29, 0.717) is 17.0 Å². The Morgan fingerprint density at radius 3 is 2.52 bits per heavy atom. The third-order valence-electron chi connectivity index (χ3n) is 2.84. The van der Waals surface area contributed by atoms with Crippen molar-refractivity contribution in [2.24, 2.45) is 5.73 Å². The van der Waals surface area contributed by atoms with Crippen molar-refractivity contribution in [3.8, 4) is 0 Å². The topological polar surface area (TPSA) is 111 Å². The van der Waals surface area contributed by atoms with Gasteiger partial charge in [-0.25, -0.2) is 22.5 Å². The van der Waals surface area contributed by atoms with E-state index in [4.69, 9.17) is 5.73 Å². The maximum atomic E-state index is 13.8. The summed E-state index contributed by atoms with van der Waals surface area (Å²) in [6.45, 7) is 3.48. The Balaban J connectivity index is 2.36. The van der Waals surface area contributed by atoms with Crippen molar-refractivity contribution in [2.45, 2.75) is 25.3 Å². The quantitative estimate of drug-likeness (QED) is 0.867. The Labute approximate surface area is 121 Å². The number of aromatic nitrogens is 3. The molecule has 0 aliphatic heterocycles. The molecule has 0 saturated heterocycles. The van der Waals surface area contributed by atoms with Crippen LogP contribution in [0, 0.1) is 19.7 Å². The second kappa shape index (κ2) is 5.70. The summed E-state index contributed by atoms with van der Waals surface area (Å²) in [4.78, 5) is 3.44. The first-order valence-electron chi connectivity index (χ1n) is 6.02. The lowest BCUT2D eigenvalue weighted by Crippen LogP contribution is -2.18. The van der Waals surface area contributed by atoms with Gasteiger partial charge in [-0.05, 0) is 31.5 Å². The SMILES string of the molecule is Cc1nnc(NS(=O)(=O)c2ccc(CN)cc2F)nc1C. The van der Waals surface area contributed by atoms with Crippen LogP contribution in [0.2, 0.25) is 0 Å². The van der Waals surface area contributed by atoms with E-state index in [0.717, 1.165) is 12.1 Å². The molecule has 0 saturated carbocycles. The molecule has 2 aromatic rings. The van der Waals surface area contributed by atoms with Crippen LogP contribution in [0.4, 0.5) is 10.3 Å². The van der Waals surface area contributed by atoms with Gasteiger partial charge in [0.25, 0.3) is 16.0 Å². The van der Waals surface area contributed by atoms with Crippen LogP contribution >= 0.6 is 0 Å². The summed E-state index contributed by atoms with van der Waals surface area (Å²) in [6.07, 6.45) is 0. The molecule has 0 unspecified atom stereocenters. The molecule has 0 aliphatic rings. The third-order valence-corrected chi connectivity index (χ3v) is 4.20. The number of benzene rings is 1. The van der Waals surface area contributed by atoms with E-state index in [1.54, 1.807) is 13.8 Å². The second-order valence-corrected chi connectivity index (χ2v) is 6.03. The van der Waals surface area contributed by atoms with Crippen molar-refractivity contribution < 1.29 is 12.8 Å². The maximum absolute atomic E-state index is 13.8. The van der Waals surface area contributed by atoms with Crippen molar-refractivity contribution in [3.05, 3.63) is 41.0 Å². The monoisotopic (exact) mass is 311 g/mol. The van der Waals surface area contributed by atoms with E-state index >= 15 is 0 Å². The largest absolute Gasteiger partial charge is 0.326 e. The number of halogens is 1. The van der Waals surface area contributed by atoms with Gasteiger partial charge in [0, 0.05) is 6.54 Å². The molecule has 0 aliphatic carbocycles. The van der Waals surface area contributed by atoms with E-state index in [9.17, 15) is 12.8 Å². The van der Waals surface area contributed by atoms with Gasteiger partial charge in [-0.1, -0.05) is 6.07 Å². The van der Waals surface area contributed by atoms with Gasteiger partial charge in [0.2, 0.25) is 0 Å². The molecule has 0 atom stereocenters. The van der Waals surface area contributed by atoms with Crippen LogP contribution in [0.5, 0.6) is 0 Å². The number of aryl methyl sites for hydroxylation is 2. The van der Waals surface area contributed by atoms with E-state index in [1.807, 2.05) is 0 Å². The molecule has 112 valence electrons. The van der Waals surface area contributed by atoms with Crippen LogP contribution in [-0.2, 0) is 16.6 Å². The number of sulfonamides is 1. The van der Waals surface area contributed by atoms with Crippen LogP contribution in [0.15, 0.2) is 23.1 Å². The first kappa shape index (κ1) is 15.3. The van der Waals surface area contributed by atoms with Gasteiger partial charge in [-0.2, -0.15) is 5.10 Å². The highest BCUT2D eigenvalue weighted by molar-refractivity contribution is 7.92. The fraction of sp³-hybridized carbons (Fsp3) is 0.250. The van der Waals surface area contributed by atoms with Crippen LogP contribution < -0.4 is 10.5 Å². The smallest absolute Gasteiger partial charge is 0.267 e. The lowest BCUT2D eigenvalue weighted by atomic mass is 10.2. The van der Waals surface area contributed by atoms with Crippen LogP contribution in [0.3, 0.4) is 0 Å². The van der Waals surface area contributed by atoms with E-state index < -0.39 is 20.7 Å². The summed E-state index contributed by atoms with van der Waals surface area (Å²) >= 11 is 0. The highest BCUT2D eigenvalue weighted by Crippen LogP contribution is 2.18. The Morgan fingerprint density at radius 1 is 1.24 bits per heavy atom. The van der Waals surface area contributed by atoms with Crippen molar-refractivity contribution in [3.63, 3.8) is 0 Å². The minimum Gasteiger partial charge on any atom is -0.326 e. The lowest BCUT2D eigenvalue weighted by molar-refractivity contribution is 0.568. The number of hydrogen-bond donors (Lipinski definition) is 2. The summed E-state index contributed by atoms with van der Waals surface area (Å²) in [6, 6.07) is 3.67. The van der Waals surface area contributed by atoms with Crippen LogP contribution in [0.25, 0.3) is 0 Å². The van der Waals surface area contributed by atoms with Gasteiger partial charge in [-0.15, -0.1) is 5.10 Å². The highest BCUT2D eigenvalue weighted by atomic mass is 32.2. The van der Waals surface area contributed by atoms with Crippen molar-refractivity contribution >= 4 is 16.0 Å². The van der Waals surface area contributed by atoms with Crippen molar-refractivity contribution in [2.75, 3.05) is 4.72 Å². The zero-order valence-electron chi connectivity index (χ0n) is 11.5. The summed E-state index contributed by atoms with van der Waals surface area (Å²) in [5.74, 6) is -1.09. The molecule has 21 heavy (non-hydrogen) atoms. The number of hydrogen-bond acceptors (Lipinski definition) is 6. The van der Waals surface area contributed by atoms with Crippen molar-refractivity contribution in [1.29, 1.82) is 0 Å². The van der Waals surface area contributed by atoms with Gasteiger partial charge in [0.1, 0.15) is 10.7 Å². The molecule has 0 bridgehead atoms. The Bertz CT molecular complexity index is 779. The number of nitrogens with two attached hydrogens (primary N) is 1. The summed E-state index contributed by atoms with van der Waals surface area (Å²) in [5.41, 5.74) is 6.98. The molecule has 3 N–H and O–H groups in total. The third kappa shape index (κ3) is 3.31. The average Bonchev–Trinajstić information content (AvgIpc) is 2.42. The second-order valence-electron chi connectivity index (χ2n) is 4.38. The van der Waals surface area contributed by atoms with Gasteiger partial charge < -0.3 is 5.73 Å². The Hall–Kier alpha value is -2.13. The van der Waals surface area contributed by atoms with Crippen molar-refractivity contribution in [1.82, 2.24) is 15.2 Å². The maximum Gasteiger partial charge on any atom is 0.267 e. The highest BCUT2D eigenvalue weighted by Gasteiger charge is 2.21. The first-order chi connectivity index (χ1) is 9.83. The molecule has 9 heteroatoms. The first-order valence-corrected chi connectivity index (χ1v) is 7.51. The van der Waals surface area contributed by atoms with Crippen LogP contribution in [0.1, 0.15) is 17.0 Å². The predicted octanol–water partition coefficient (Wildman–Crippen LogP) is 0.887. The minimum absolute atomic E-state index is 0.120. The van der Waals surface area contributed by atoms with Crippen LogP contribution in [-0.4, -0.2) is 23.6 Å². The normalized spacial score (nSPS) is 11.4. The van der Waals surface area contributed by atoms with Gasteiger partial charge in [0.15, 0.2) is 0 Å². The van der Waals surface area contributed by atoms with E-state index in [2.05, 4.69) is 19.9 Å². The summed E-state index contributed by atoms with van der Waals surface area (Å²) in [7, 11) is -4.13.